The topological polar surface area (TPSA) is 50.8 Å². The van der Waals surface area contributed by atoms with Gasteiger partial charge in [0.05, 0.1) is 19.3 Å². The van der Waals surface area contributed by atoms with Crippen LogP contribution >= 0.6 is 0 Å². The molecule has 2 rings (SSSR count). The molecule has 1 aliphatic rings. The molecule has 1 heterocycles. The van der Waals surface area contributed by atoms with E-state index in [1.165, 1.54) is 5.56 Å². The minimum atomic E-state index is -0.244. The molecule has 128 valence electrons. The van der Waals surface area contributed by atoms with Crippen LogP contribution in [0.4, 0.5) is 4.79 Å². The molecule has 1 saturated heterocycles. The summed E-state index contributed by atoms with van der Waals surface area (Å²) in [5, 5.41) is 3.66. The quantitative estimate of drug-likeness (QED) is 0.875. The van der Waals surface area contributed by atoms with E-state index in [0.29, 0.717) is 26.3 Å². The number of amides is 1. The zero-order chi connectivity index (χ0) is 16.7. The number of hydrogen-bond donors (Lipinski definition) is 1. The number of carbonyl (C=O) groups excluding carboxylic acids is 1. The number of carbonyl (C=O) groups is 1. The number of likely N-dealkylation sites (tertiary alicyclic amines) is 1. The van der Waals surface area contributed by atoms with E-state index >= 15 is 0 Å². The zero-order valence-corrected chi connectivity index (χ0v) is 14.3. The summed E-state index contributed by atoms with van der Waals surface area (Å²) in [5.41, 5.74) is 1.26. The number of nitrogens with one attached hydrogen (secondary N) is 1. The van der Waals surface area contributed by atoms with Gasteiger partial charge in [-0.3, -0.25) is 0 Å². The smallest absolute Gasteiger partial charge is 0.409 e. The highest BCUT2D eigenvalue weighted by atomic mass is 16.6. The summed E-state index contributed by atoms with van der Waals surface area (Å²) in [5.74, 6) is 0. The van der Waals surface area contributed by atoms with E-state index in [9.17, 15) is 4.79 Å². The average molecular weight is 320 g/mol. The Balaban J connectivity index is 1.97. The lowest BCUT2D eigenvalue weighted by atomic mass is 9.99. The zero-order valence-electron chi connectivity index (χ0n) is 14.3. The van der Waals surface area contributed by atoms with Crippen molar-refractivity contribution >= 4 is 6.09 Å². The van der Waals surface area contributed by atoms with E-state index in [1.54, 1.807) is 4.90 Å². The second-order valence-electron chi connectivity index (χ2n) is 5.83. The molecular weight excluding hydrogens is 292 g/mol. The summed E-state index contributed by atoms with van der Waals surface area (Å²) < 4.78 is 11.0. The summed E-state index contributed by atoms with van der Waals surface area (Å²) in [6.07, 6.45) is 0.608. The second-order valence-corrected chi connectivity index (χ2v) is 5.83. The number of hydrogen-bond acceptors (Lipinski definition) is 4. The van der Waals surface area contributed by atoms with Crippen LogP contribution in [0.1, 0.15) is 38.8 Å². The normalized spacial score (nSPS) is 22.7. The van der Waals surface area contributed by atoms with Gasteiger partial charge in [0.25, 0.3) is 0 Å². The lowest BCUT2D eigenvalue weighted by molar-refractivity contribution is -0.0185. The van der Waals surface area contributed by atoms with Gasteiger partial charge in [0.1, 0.15) is 0 Å². The molecule has 0 aliphatic carbocycles. The van der Waals surface area contributed by atoms with Crippen LogP contribution in [0.2, 0.25) is 0 Å². The maximum Gasteiger partial charge on any atom is 0.409 e. The van der Waals surface area contributed by atoms with Crippen molar-refractivity contribution in [1.82, 2.24) is 10.2 Å². The van der Waals surface area contributed by atoms with E-state index in [2.05, 4.69) is 36.5 Å². The third kappa shape index (κ3) is 4.94. The molecule has 0 radical (unpaired) electrons. The van der Waals surface area contributed by atoms with E-state index < -0.39 is 0 Å². The number of benzene rings is 1. The molecule has 1 fully saturated rings. The molecule has 1 aliphatic heterocycles. The van der Waals surface area contributed by atoms with E-state index in [1.807, 2.05) is 19.9 Å². The summed E-state index contributed by atoms with van der Waals surface area (Å²) in [7, 11) is 0. The Morgan fingerprint density at radius 2 is 2.04 bits per heavy atom. The van der Waals surface area contributed by atoms with Crippen LogP contribution < -0.4 is 5.32 Å². The molecule has 1 amide bonds. The van der Waals surface area contributed by atoms with Gasteiger partial charge in [-0.2, -0.15) is 0 Å². The Hall–Kier alpha value is -1.59. The van der Waals surface area contributed by atoms with Crippen molar-refractivity contribution in [2.75, 3.05) is 26.3 Å². The molecule has 1 aromatic carbocycles. The average Bonchev–Trinajstić information content (AvgIpc) is 2.57. The third-order valence-electron chi connectivity index (χ3n) is 4.23. The van der Waals surface area contributed by atoms with Crippen LogP contribution in [-0.2, 0) is 9.47 Å². The van der Waals surface area contributed by atoms with Crippen molar-refractivity contribution in [2.45, 2.75) is 45.4 Å². The molecule has 1 N–H and O–H groups in total. The molecule has 5 nitrogen and oxygen atoms in total. The van der Waals surface area contributed by atoms with E-state index in [4.69, 9.17) is 9.47 Å². The van der Waals surface area contributed by atoms with E-state index in [-0.39, 0.29) is 24.3 Å². The Kier molecular flexibility index (Phi) is 6.86. The van der Waals surface area contributed by atoms with Crippen molar-refractivity contribution in [3.63, 3.8) is 0 Å². The summed E-state index contributed by atoms with van der Waals surface area (Å²) in [6.45, 7) is 8.29. The van der Waals surface area contributed by atoms with Gasteiger partial charge < -0.3 is 19.7 Å². The predicted molar refractivity (Wildman–Crippen MR) is 90.4 cm³/mol. The third-order valence-corrected chi connectivity index (χ3v) is 4.23. The molecule has 1 aromatic rings. The van der Waals surface area contributed by atoms with Crippen molar-refractivity contribution in [3.8, 4) is 0 Å². The van der Waals surface area contributed by atoms with E-state index in [0.717, 1.165) is 6.42 Å². The first-order valence-corrected chi connectivity index (χ1v) is 8.50. The lowest BCUT2D eigenvalue weighted by Gasteiger charge is -2.39. The molecule has 23 heavy (non-hydrogen) atoms. The Morgan fingerprint density at radius 1 is 1.30 bits per heavy atom. The van der Waals surface area contributed by atoms with Crippen LogP contribution in [0.5, 0.6) is 0 Å². The minimum Gasteiger partial charge on any atom is -0.450 e. The molecular formula is C18H28N2O3. The number of rotatable bonds is 6. The molecule has 5 heteroatoms. The maximum absolute atomic E-state index is 11.9. The monoisotopic (exact) mass is 320 g/mol. The van der Waals surface area contributed by atoms with Crippen molar-refractivity contribution in [3.05, 3.63) is 35.9 Å². The molecule has 0 saturated carbocycles. The fraction of sp³-hybridized carbons (Fsp3) is 0.611. The van der Waals surface area contributed by atoms with Gasteiger partial charge in [-0.15, -0.1) is 0 Å². The first-order chi connectivity index (χ1) is 11.2. The highest BCUT2D eigenvalue weighted by Gasteiger charge is 2.33. The van der Waals surface area contributed by atoms with Gasteiger partial charge in [-0.05, 0) is 32.8 Å². The maximum atomic E-state index is 11.9. The summed E-state index contributed by atoms with van der Waals surface area (Å²) in [4.78, 5) is 13.7. The fourth-order valence-electron chi connectivity index (χ4n) is 3.03. The largest absolute Gasteiger partial charge is 0.450 e. The predicted octanol–water partition coefficient (Wildman–Crippen LogP) is 2.97. The number of ether oxygens (including phenoxy) is 2. The Labute approximate surface area is 139 Å². The van der Waals surface area contributed by atoms with Gasteiger partial charge in [0.2, 0.25) is 0 Å². The Bertz CT molecular complexity index is 480. The van der Waals surface area contributed by atoms with Crippen molar-refractivity contribution < 1.29 is 14.3 Å². The van der Waals surface area contributed by atoms with Crippen LogP contribution in [0.25, 0.3) is 0 Å². The van der Waals surface area contributed by atoms with Crippen molar-refractivity contribution in [2.24, 2.45) is 0 Å². The molecule has 0 bridgehead atoms. The number of piperidine rings is 1. The fourth-order valence-corrected chi connectivity index (χ4v) is 3.03. The number of nitrogens with zero attached hydrogens (tertiary/aromatic N) is 1. The highest BCUT2D eigenvalue weighted by Crippen LogP contribution is 2.20. The lowest BCUT2D eigenvalue weighted by Crippen LogP contribution is -2.55. The Morgan fingerprint density at radius 3 is 2.70 bits per heavy atom. The van der Waals surface area contributed by atoms with Gasteiger partial charge in [-0.25, -0.2) is 4.79 Å². The summed E-state index contributed by atoms with van der Waals surface area (Å²) >= 11 is 0. The molecule has 3 atom stereocenters. The summed E-state index contributed by atoms with van der Waals surface area (Å²) in [6, 6.07) is 10.9. The van der Waals surface area contributed by atoms with Crippen LogP contribution in [0, 0.1) is 0 Å². The van der Waals surface area contributed by atoms with Crippen LogP contribution in [-0.4, -0.2) is 49.4 Å². The van der Waals surface area contributed by atoms with Crippen LogP contribution in [0.3, 0.4) is 0 Å². The minimum absolute atomic E-state index is 0.00989. The molecule has 0 spiro atoms. The molecule has 0 aromatic heterocycles. The molecule has 3 unspecified atom stereocenters. The first-order valence-electron chi connectivity index (χ1n) is 8.50. The van der Waals surface area contributed by atoms with Gasteiger partial charge >= 0.3 is 6.09 Å². The van der Waals surface area contributed by atoms with Crippen molar-refractivity contribution in [1.29, 1.82) is 0 Å². The first kappa shape index (κ1) is 17.8. The second kappa shape index (κ2) is 8.89. The van der Waals surface area contributed by atoms with Crippen LogP contribution in [0.15, 0.2) is 30.3 Å². The standard InChI is InChI=1S/C18H28N2O3/c1-4-22-17-13-20(18(21)23-5-2)12-11-16(17)19-14(3)15-9-7-6-8-10-15/h6-10,14,16-17,19H,4-5,11-13H2,1-3H3. The van der Waals surface area contributed by atoms with Gasteiger partial charge in [-0.1, -0.05) is 30.3 Å². The van der Waals surface area contributed by atoms with Gasteiger partial charge in [0.15, 0.2) is 0 Å². The van der Waals surface area contributed by atoms with Gasteiger partial charge in [0, 0.05) is 25.2 Å². The highest BCUT2D eigenvalue weighted by molar-refractivity contribution is 5.67. The SMILES string of the molecule is CCOC(=O)N1CCC(NC(C)c2ccccc2)C(OCC)C1.